The monoisotopic (exact) mass is 517 g/mol. The molecule has 0 aliphatic carbocycles. The number of ether oxygens (including phenoxy) is 2. The van der Waals surface area contributed by atoms with Crippen LogP contribution in [-0.2, 0) is 0 Å². The van der Waals surface area contributed by atoms with E-state index in [2.05, 4.69) is 50.8 Å². The Morgan fingerprint density at radius 1 is 1.20 bits per heavy atom. The number of hydrogen-bond acceptors (Lipinski definition) is 3. The van der Waals surface area contributed by atoms with E-state index in [9.17, 15) is 4.79 Å². The first-order valence-corrected chi connectivity index (χ1v) is 10.00. The summed E-state index contributed by atoms with van der Waals surface area (Å²) in [7, 11) is 0. The van der Waals surface area contributed by atoms with Crippen molar-refractivity contribution in [1.29, 1.82) is 0 Å². The Kier molecular flexibility index (Phi) is 7.56. The maximum absolute atomic E-state index is 12.7. The van der Waals surface area contributed by atoms with Crippen LogP contribution in [0.25, 0.3) is 0 Å². The number of halogens is 2. The number of amides is 1. The zero-order chi connectivity index (χ0) is 18.4. The lowest BCUT2D eigenvalue weighted by atomic mass is 10.1. The van der Waals surface area contributed by atoms with E-state index in [1.54, 1.807) is 6.07 Å². The molecular formula is C19H21BrINO3. The summed E-state index contributed by atoms with van der Waals surface area (Å²) in [4.78, 5) is 12.7. The maximum atomic E-state index is 12.7. The first-order chi connectivity index (χ1) is 12.0. The van der Waals surface area contributed by atoms with Crippen LogP contribution in [0.1, 0.15) is 36.2 Å². The predicted molar refractivity (Wildman–Crippen MR) is 113 cm³/mol. The quantitative estimate of drug-likeness (QED) is 0.472. The Morgan fingerprint density at radius 3 is 2.60 bits per heavy atom. The third kappa shape index (κ3) is 5.34. The topological polar surface area (TPSA) is 47.6 Å². The molecule has 134 valence electrons. The molecule has 0 atom stereocenters. The van der Waals surface area contributed by atoms with Gasteiger partial charge in [0, 0.05) is 15.7 Å². The summed E-state index contributed by atoms with van der Waals surface area (Å²) < 4.78 is 13.3. The zero-order valence-corrected chi connectivity index (χ0v) is 18.2. The van der Waals surface area contributed by atoms with Crippen molar-refractivity contribution >= 4 is 50.1 Å². The van der Waals surface area contributed by atoms with Crippen LogP contribution in [0.5, 0.6) is 11.5 Å². The van der Waals surface area contributed by atoms with Crippen LogP contribution in [0.2, 0.25) is 0 Å². The van der Waals surface area contributed by atoms with E-state index < -0.39 is 0 Å². The molecule has 4 nitrogen and oxygen atoms in total. The van der Waals surface area contributed by atoms with Gasteiger partial charge < -0.3 is 14.8 Å². The fraction of sp³-hybridized carbons (Fsp3) is 0.316. The zero-order valence-electron chi connectivity index (χ0n) is 14.5. The van der Waals surface area contributed by atoms with E-state index in [1.165, 1.54) is 0 Å². The summed E-state index contributed by atoms with van der Waals surface area (Å²) in [6.45, 7) is 7.04. The van der Waals surface area contributed by atoms with Gasteiger partial charge in [0.1, 0.15) is 0 Å². The molecule has 0 bridgehead atoms. The largest absolute Gasteiger partial charge is 0.490 e. The predicted octanol–water partition coefficient (Wildman–Crippen LogP) is 5.80. The minimum absolute atomic E-state index is 0.175. The summed E-state index contributed by atoms with van der Waals surface area (Å²) in [5.74, 6) is 1.12. The van der Waals surface area contributed by atoms with Crippen molar-refractivity contribution in [3.8, 4) is 11.5 Å². The molecule has 0 radical (unpaired) electrons. The van der Waals surface area contributed by atoms with E-state index in [1.807, 2.05) is 38.1 Å². The van der Waals surface area contributed by atoms with E-state index >= 15 is 0 Å². The second kappa shape index (κ2) is 9.43. The summed E-state index contributed by atoms with van der Waals surface area (Å²) in [5, 5.41) is 2.95. The molecule has 25 heavy (non-hydrogen) atoms. The van der Waals surface area contributed by atoms with Crippen molar-refractivity contribution in [3.05, 3.63) is 49.5 Å². The van der Waals surface area contributed by atoms with Gasteiger partial charge in [-0.2, -0.15) is 0 Å². The minimum atomic E-state index is -0.175. The lowest BCUT2D eigenvalue weighted by Crippen LogP contribution is -2.14. The van der Waals surface area contributed by atoms with Crippen LogP contribution in [0.4, 0.5) is 5.69 Å². The Hall–Kier alpha value is -1.28. The van der Waals surface area contributed by atoms with Crippen LogP contribution in [0.3, 0.4) is 0 Å². The molecule has 0 aromatic heterocycles. The fourth-order valence-corrected chi connectivity index (χ4v) is 3.50. The Balaban J connectivity index is 2.29. The number of aryl methyl sites for hydroxylation is 1. The summed E-state index contributed by atoms with van der Waals surface area (Å²) in [6, 6.07) is 9.30. The molecule has 0 spiro atoms. The minimum Gasteiger partial charge on any atom is -0.490 e. The second-order valence-electron chi connectivity index (χ2n) is 5.48. The van der Waals surface area contributed by atoms with E-state index in [-0.39, 0.29) is 5.91 Å². The molecule has 0 saturated heterocycles. The number of benzene rings is 2. The Bertz CT molecular complexity index is 765. The van der Waals surface area contributed by atoms with E-state index in [4.69, 9.17) is 9.47 Å². The van der Waals surface area contributed by atoms with Crippen molar-refractivity contribution in [2.75, 3.05) is 18.5 Å². The fourth-order valence-electron chi connectivity index (χ4n) is 2.27. The molecule has 0 aliphatic rings. The van der Waals surface area contributed by atoms with Gasteiger partial charge in [-0.05, 0) is 78.8 Å². The van der Waals surface area contributed by atoms with Gasteiger partial charge in [-0.1, -0.05) is 22.9 Å². The molecule has 0 unspecified atom stereocenters. The third-order valence-electron chi connectivity index (χ3n) is 3.46. The molecule has 2 rings (SSSR count). The number of hydrogen-bond donors (Lipinski definition) is 1. The molecule has 0 saturated carbocycles. The van der Waals surface area contributed by atoms with Crippen molar-refractivity contribution in [1.82, 2.24) is 0 Å². The summed E-state index contributed by atoms with van der Waals surface area (Å²) in [6.07, 6.45) is 0.909. The molecule has 0 fully saturated rings. The van der Waals surface area contributed by atoms with Crippen molar-refractivity contribution in [2.24, 2.45) is 0 Å². The molecule has 1 amide bonds. The molecule has 6 heteroatoms. The number of carbonyl (C=O) groups is 1. The normalized spacial score (nSPS) is 10.4. The van der Waals surface area contributed by atoms with Gasteiger partial charge in [0.25, 0.3) is 5.91 Å². The molecule has 0 heterocycles. The van der Waals surface area contributed by atoms with Gasteiger partial charge in [0.05, 0.1) is 16.8 Å². The molecule has 0 aliphatic heterocycles. The van der Waals surface area contributed by atoms with Crippen LogP contribution in [-0.4, -0.2) is 19.1 Å². The highest BCUT2D eigenvalue weighted by atomic mass is 127. The number of rotatable bonds is 7. The molecule has 2 aromatic rings. The van der Waals surface area contributed by atoms with Crippen molar-refractivity contribution in [3.63, 3.8) is 0 Å². The standard InChI is InChI=1S/C19H21BrINO3/c1-4-8-25-18-15(21)10-13(11-17(18)24-5-2)19(23)22-16-7-6-14(20)9-12(16)3/h6-7,9-11H,4-5,8H2,1-3H3,(H,22,23). The van der Waals surface area contributed by atoms with Crippen LogP contribution in [0.15, 0.2) is 34.8 Å². The Morgan fingerprint density at radius 2 is 1.96 bits per heavy atom. The summed E-state index contributed by atoms with van der Waals surface area (Å²) in [5.41, 5.74) is 2.32. The first-order valence-electron chi connectivity index (χ1n) is 8.12. The van der Waals surface area contributed by atoms with Gasteiger partial charge in [-0.25, -0.2) is 0 Å². The Labute approximate surface area is 170 Å². The maximum Gasteiger partial charge on any atom is 0.255 e. The lowest BCUT2D eigenvalue weighted by Gasteiger charge is -2.15. The van der Waals surface area contributed by atoms with Gasteiger partial charge in [0.15, 0.2) is 11.5 Å². The van der Waals surface area contributed by atoms with Crippen LogP contribution in [0, 0.1) is 10.5 Å². The summed E-state index contributed by atoms with van der Waals surface area (Å²) >= 11 is 5.60. The highest BCUT2D eigenvalue weighted by Crippen LogP contribution is 2.34. The SMILES string of the molecule is CCCOc1c(I)cc(C(=O)Nc2ccc(Br)cc2C)cc1OCC. The first kappa shape index (κ1) is 20.0. The van der Waals surface area contributed by atoms with Crippen molar-refractivity contribution in [2.45, 2.75) is 27.2 Å². The van der Waals surface area contributed by atoms with Gasteiger partial charge in [-0.3, -0.25) is 4.79 Å². The third-order valence-corrected chi connectivity index (χ3v) is 4.75. The second-order valence-corrected chi connectivity index (χ2v) is 7.56. The number of carbonyl (C=O) groups excluding carboxylic acids is 1. The average molecular weight is 518 g/mol. The van der Waals surface area contributed by atoms with Gasteiger partial charge in [0.2, 0.25) is 0 Å². The van der Waals surface area contributed by atoms with Gasteiger partial charge >= 0.3 is 0 Å². The van der Waals surface area contributed by atoms with E-state index in [0.717, 1.165) is 25.7 Å². The average Bonchev–Trinajstić information content (AvgIpc) is 2.56. The van der Waals surface area contributed by atoms with Crippen LogP contribution < -0.4 is 14.8 Å². The number of nitrogens with one attached hydrogen (secondary N) is 1. The lowest BCUT2D eigenvalue weighted by molar-refractivity contribution is 0.102. The molecular weight excluding hydrogens is 497 g/mol. The molecule has 1 N–H and O–H groups in total. The highest BCUT2D eigenvalue weighted by Gasteiger charge is 2.16. The van der Waals surface area contributed by atoms with Crippen molar-refractivity contribution < 1.29 is 14.3 Å². The van der Waals surface area contributed by atoms with E-state index in [0.29, 0.717) is 30.3 Å². The number of anilines is 1. The molecule has 2 aromatic carbocycles. The van der Waals surface area contributed by atoms with Gasteiger partial charge in [-0.15, -0.1) is 0 Å². The smallest absolute Gasteiger partial charge is 0.255 e. The highest BCUT2D eigenvalue weighted by molar-refractivity contribution is 14.1. The van der Waals surface area contributed by atoms with Crippen LogP contribution >= 0.6 is 38.5 Å².